The number of carbonyl (C=O) groups is 1. The summed E-state index contributed by atoms with van der Waals surface area (Å²) in [6, 6.07) is 16.9. The highest BCUT2D eigenvalue weighted by molar-refractivity contribution is 6.31. The molecule has 0 radical (unpaired) electrons. The summed E-state index contributed by atoms with van der Waals surface area (Å²) in [5, 5.41) is 9.67. The number of urea groups is 1. The van der Waals surface area contributed by atoms with E-state index >= 15 is 0 Å². The van der Waals surface area contributed by atoms with E-state index in [1.165, 1.54) is 18.5 Å². The molecule has 2 amide bonds. The Hall–Kier alpha value is -3.95. The highest BCUT2D eigenvalue weighted by Gasteiger charge is 2.19. The number of aromatic nitrogens is 2. The average molecular weight is 493 g/mol. The molecule has 0 atom stereocenters. The number of amides is 2. The molecule has 0 spiro atoms. The Kier molecular flexibility index (Phi) is 6.60. The fourth-order valence-corrected chi connectivity index (χ4v) is 4.05. The Morgan fingerprint density at radius 3 is 2.54 bits per heavy atom. The van der Waals surface area contributed by atoms with Crippen molar-refractivity contribution in [3.8, 4) is 0 Å². The lowest BCUT2D eigenvalue weighted by Crippen LogP contribution is -2.37. The molecule has 2 heterocycles. The van der Waals surface area contributed by atoms with Crippen molar-refractivity contribution in [2.24, 2.45) is 0 Å². The van der Waals surface area contributed by atoms with E-state index in [1.54, 1.807) is 6.07 Å². The number of fused-ring (bicyclic) bond motifs is 1. The zero-order valence-electron chi connectivity index (χ0n) is 18.6. The van der Waals surface area contributed by atoms with Crippen LogP contribution in [-0.2, 0) is 4.74 Å². The van der Waals surface area contributed by atoms with E-state index in [1.807, 2.05) is 42.5 Å². The summed E-state index contributed by atoms with van der Waals surface area (Å²) in [7, 11) is 0. The van der Waals surface area contributed by atoms with Crippen LogP contribution in [0.2, 0.25) is 5.02 Å². The number of halogens is 2. The molecule has 3 N–H and O–H groups in total. The van der Waals surface area contributed by atoms with E-state index in [0.717, 1.165) is 5.69 Å². The number of hydrogen-bond donors (Lipinski definition) is 3. The number of para-hydroxylation sites is 1. The van der Waals surface area contributed by atoms with Gasteiger partial charge >= 0.3 is 6.03 Å². The zero-order chi connectivity index (χ0) is 24.2. The highest BCUT2D eigenvalue weighted by atomic mass is 35.5. The number of benzene rings is 3. The molecule has 1 fully saturated rings. The molecule has 8 nitrogen and oxygen atoms in total. The van der Waals surface area contributed by atoms with Gasteiger partial charge in [-0.05, 0) is 42.5 Å². The molecule has 35 heavy (non-hydrogen) atoms. The average Bonchev–Trinajstić information content (AvgIpc) is 2.87. The van der Waals surface area contributed by atoms with Gasteiger partial charge in [-0.15, -0.1) is 0 Å². The van der Waals surface area contributed by atoms with Crippen LogP contribution >= 0.6 is 11.6 Å². The minimum absolute atomic E-state index is 0.00269. The topological polar surface area (TPSA) is 91.4 Å². The van der Waals surface area contributed by atoms with Gasteiger partial charge < -0.3 is 25.6 Å². The third-order valence-corrected chi connectivity index (χ3v) is 5.86. The third-order valence-electron chi connectivity index (χ3n) is 5.57. The number of nitrogens with zero attached hydrogens (tertiary/aromatic N) is 3. The maximum atomic E-state index is 13.6. The van der Waals surface area contributed by atoms with Crippen LogP contribution in [-0.4, -0.2) is 42.3 Å². The predicted molar refractivity (Wildman–Crippen MR) is 136 cm³/mol. The smallest absolute Gasteiger partial charge is 0.323 e. The lowest BCUT2D eigenvalue weighted by Gasteiger charge is -2.31. The van der Waals surface area contributed by atoms with Crippen LogP contribution in [0, 0.1) is 5.82 Å². The quantitative estimate of drug-likeness (QED) is 0.333. The standard InChI is InChI=1S/C25H22ClFN6O2/c26-19-12-17(6-7-20(19)27)30-24-18-13-22(32-25(34)31-16-4-2-1-3-5-16)23(14-21(18)28-15-29-24)33-8-10-35-11-9-33/h1-7,12-15H,8-11H2,(H,28,29,30)(H2,31,32,34). The molecule has 0 bridgehead atoms. The van der Waals surface area contributed by atoms with Crippen molar-refractivity contribution in [2.45, 2.75) is 0 Å². The maximum absolute atomic E-state index is 13.6. The van der Waals surface area contributed by atoms with Crippen molar-refractivity contribution in [2.75, 3.05) is 47.2 Å². The second-order valence-electron chi connectivity index (χ2n) is 7.91. The number of anilines is 5. The summed E-state index contributed by atoms with van der Waals surface area (Å²) in [5.74, 6) is -0.00597. The Balaban J connectivity index is 1.52. The largest absolute Gasteiger partial charge is 0.378 e. The van der Waals surface area contributed by atoms with E-state index in [2.05, 4.69) is 30.8 Å². The molecule has 0 saturated carbocycles. The summed E-state index contributed by atoms with van der Waals surface area (Å²) in [6.07, 6.45) is 1.45. The molecule has 178 valence electrons. The number of morpholine rings is 1. The van der Waals surface area contributed by atoms with Crippen LogP contribution in [0.15, 0.2) is 67.0 Å². The van der Waals surface area contributed by atoms with Crippen LogP contribution in [0.3, 0.4) is 0 Å². The molecule has 10 heteroatoms. The Labute approximate surface area is 206 Å². The van der Waals surface area contributed by atoms with E-state index in [4.69, 9.17) is 16.3 Å². The predicted octanol–water partition coefficient (Wildman–Crippen LogP) is 5.65. The molecule has 0 aliphatic carbocycles. The van der Waals surface area contributed by atoms with Gasteiger partial charge in [0.1, 0.15) is 18.0 Å². The van der Waals surface area contributed by atoms with Crippen molar-refractivity contribution < 1.29 is 13.9 Å². The first-order valence-electron chi connectivity index (χ1n) is 11.0. The van der Waals surface area contributed by atoms with Crippen molar-refractivity contribution in [3.63, 3.8) is 0 Å². The van der Waals surface area contributed by atoms with Crippen molar-refractivity contribution in [1.29, 1.82) is 0 Å². The number of rotatable bonds is 5. The van der Waals surface area contributed by atoms with Gasteiger partial charge in [0.25, 0.3) is 0 Å². The van der Waals surface area contributed by atoms with Gasteiger partial charge in [0.2, 0.25) is 0 Å². The van der Waals surface area contributed by atoms with Gasteiger partial charge in [-0.2, -0.15) is 0 Å². The van der Waals surface area contributed by atoms with E-state index in [0.29, 0.717) is 60.1 Å². The second kappa shape index (κ2) is 10.1. The van der Waals surface area contributed by atoms with Crippen molar-refractivity contribution in [3.05, 3.63) is 77.8 Å². The van der Waals surface area contributed by atoms with Gasteiger partial charge in [-0.1, -0.05) is 29.8 Å². The van der Waals surface area contributed by atoms with E-state index in [-0.39, 0.29) is 11.1 Å². The van der Waals surface area contributed by atoms with Gasteiger partial charge in [0.05, 0.1) is 35.1 Å². The van der Waals surface area contributed by atoms with Gasteiger partial charge in [-0.3, -0.25) is 0 Å². The molecule has 1 aliphatic heterocycles. The Morgan fingerprint density at radius 2 is 1.77 bits per heavy atom. The number of ether oxygens (including phenoxy) is 1. The summed E-state index contributed by atoms with van der Waals surface area (Å²) < 4.78 is 19.1. The monoisotopic (exact) mass is 492 g/mol. The Bertz CT molecular complexity index is 1370. The number of carbonyl (C=O) groups excluding carboxylic acids is 1. The number of hydrogen-bond acceptors (Lipinski definition) is 6. The second-order valence-corrected chi connectivity index (χ2v) is 8.31. The van der Waals surface area contributed by atoms with Crippen LogP contribution in [0.25, 0.3) is 10.9 Å². The molecule has 3 aromatic carbocycles. The van der Waals surface area contributed by atoms with Gasteiger partial charge in [0.15, 0.2) is 0 Å². The van der Waals surface area contributed by atoms with Crippen LogP contribution in [0.4, 0.5) is 37.8 Å². The molecule has 1 aromatic heterocycles. The molecule has 4 aromatic rings. The third kappa shape index (κ3) is 5.26. The lowest BCUT2D eigenvalue weighted by atomic mass is 10.1. The number of nitrogens with one attached hydrogen (secondary N) is 3. The first kappa shape index (κ1) is 22.8. The maximum Gasteiger partial charge on any atom is 0.323 e. The normalized spacial score (nSPS) is 13.5. The Morgan fingerprint density at radius 1 is 0.971 bits per heavy atom. The van der Waals surface area contributed by atoms with E-state index in [9.17, 15) is 9.18 Å². The first-order chi connectivity index (χ1) is 17.1. The molecular weight excluding hydrogens is 471 g/mol. The minimum atomic E-state index is -0.504. The summed E-state index contributed by atoms with van der Waals surface area (Å²) in [4.78, 5) is 23.8. The van der Waals surface area contributed by atoms with Crippen LogP contribution in [0.5, 0.6) is 0 Å². The van der Waals surface area contributed by atoms with E-state index < -0.39 is 5.82 Å². The van der Waals surface area contributed by atoms with Gasteiger partial charge in [0, 0.05) is 29.9 Å². The fraction of sp³-hybridized carbons (Fsp3) is 0.160. The molecule has 0 unspecified atom stereocenters. The first-order valence-corrected chi connectivity index (χ1v) is 11.4. The fourth-order valence-electron chi connectivity index (χ4n) is 3.87. The summed E-state index contributed by atoms with van der Waals surface area (Å²) in [6.45, 7) is 2.56. The minimum Gasteiger partial charge on any atom is -0.378 e. The van der Waals surface area contributed by atoms with Crippen LogP contribution in [0.1, 0.15) is 0 Å². The molecule has 5 rings (SSSR count). The van der Waals surface area contributed by atoms with Gasteiger partial charge in [-0.25, -0.2) is 19.2 Å². The van der Waals surface area contributed by atoms with Crippen LogP contribution < -0.4 is 20.9 Å². The zero-order valence-corrected chi connectivity index (χ0v) is 19.3. The SMILES string of the molecule is O=C(Nc1ccccc1)Nc1cc2c(Nc3ccc(F)c(Cl)c3)ncnc2cc1N1CCOCC1. The lowest BCUT2D eigenvalue weighted by molar-refractivity contribution is 0.123. The van der Waals surface area contributed by atoms with Crippen molar-refractivity contribution >= 4 is 57.1 Å². The molecule has 1 saturated heterocycles. The molecular formula is C25H22ClFN6O2. The van der Waals surface area contributed by atoms with Crippen molar-refractivity contribution in [1.82, 2.24) is 9.97 Å². The molecule has 1 aliphatic rings. The summed E-state index contributed by atoms with van der Waals surface area (Å²) in [5.41, 5.74) is 3.37. The highest BCUT2D eigenvalue weighted by Crippen LogP contribution is 2.35. The summed E-state index contributed by atoms with van der Waals surface area (Å²) >= 11 is 5.94.